The summed E-state index contributed by atoms with van der Waals surface area (Å²) >= 11 is 0. The molecule has 0 spiro atoms. The Hall–Kier alpha value is -1.62. The maximum absolute atomic E-state index is 11.6. The Morgan fingerprint density at radius 1 is 0.778 bits per heavy atom. The molecular weight excluding hydrogens is 344 g/mol. The summed E-state index contributed by atoms with van der Waals surface area (Å²) in [6.07, 6.45) is 17.7. The third-order valence-corrected chi connectivity index (χ3v) is 4.16. The van der Waals surface area contributed by atoms with Gasteiger partial charge in [0.25, 0.3) is 0 Å². The highest BCUT2D eigenvalue weighted by Crippen LogP contribution is 2.07. The molecule has 0 aromatic carbocycles. The molecule has 0 aromatic rings. The van der Waals surface area contributed by atoms with Gasteiger partial charge in [0.15, 0.2) is 6.10 Å². The largest absolute Gasteiger partial charge is 0.435 e. The molecule has 0 rings (SSSR count). The van der Waals surface area contributed by atoms with Gasteiger partial charge in [-0.1, -0.05) is 65.2 Å². The fourth-order valence-corrected chi connectivity index (χ4v) is 2.47. The lowest BCUT2D eigenvalue weighted by Gasteiger charge is -2.06. The van der Waals surface area contributed by atoms with Gasteiger partial charge >= 0.3 is 11.9 Å². The van der Waals surface area contributed by atoms with Crippen LogP contribution in [0.1, 0.15) is 97.3 Å². The van der Waals surface area contributed by atoms with Crippen LogP contribution in [0.3, 0.4) is 0 Å². The van der Waals surface area contributed by atoms with Gasteiger partial charge in [0, 0.05) is 0 Å². The van der Waals surface area contributed by atoms with Crippen molar-refractivity contribution >= 4 is 11.9 Å². The van der Waals surface area contributed by atoms with Crippen LogP contribution in [0, 0.1) is 0 Å². The molecule has 0 saturated carbocycles. The maximum Gasteiger partial charge on any atom is 0.340 e. The summed E-state index contributed by atoms with van der Waals surface area (Å²) in [4.78, 5) is 23.2. The molecule has 5 heteroatoms. The molecule has 0 aliphatic carbocycles. The Kier molecular flexibility index (Phi) is 18.0. The van der Waals surface area contributed by atoms with E-state index in [1.807, 2.05) is 0 Å². The van der Waals surface area contributed by atoms with Gasteiger partial charge in [0.1, 0.15) is 0 Å². The van der Waals surface area contributed by atoms with Crippen molar-refractivity contribution in [2.75, 3.05) is 0 Å². The van der Waals surface area contributed by atoms with E-state index in [0.29, 0.717) is 0 Å². The van der Waals surface area contributed by atoms with Crippen LogP contribution >= 0.6 is 0 Å². The van der Waals surface area contributed by atoms with Crippen molar-refractivity contribution in [3.8, 4) is 0 Å². The van der Waals surface area contributed by atoms with Crippen LogP contribution in [0.4, 0.5) is 0 Å². The molecule has 1 atom stereocenters. The van der Waals surface area contributed by atoms with Gasteiger partial charge < -0.3 is 14.6 Å². The normalized spacial score (nSPS) is 12.6. The minimum atomic E-state index is -1.51. The molecule has 27 heavy (non-hydrogen) atoms. The zero-order chi connectivity index (χ0) is 20.2. The first-order valence-electron chi connectivity index (χ1n) is 10.5. The fourth-order valence-electron chi connectivity index (χ4n) is 2.47. The van der Waals surface area contributed by atoms with Gasteiger partial charge in [-0.3, -0.25) is 4.79 Å². The zero-order valence-corrected chi connectivity index (χ0v) is 17.2. The van der Waals surface area contributed by atoms with E-state index in [1.54, 1.807) is 12.2 Å². The number of carbonyl (C=O) groups excluding carboxylic acids is 2. The Balaban J connectivity index is 3.74. The monoisotopic (exact) mass is 382 g/mol. The van der Waals surface area contributed by atoms with Gasteiger partial charge in [-0.05, 0) is 37.8 Å². The maximum atomic E-state index is 11.6. The van der Waals surface area contributed by atoms with Crippen LogP contribution in [0.15, 0.2) is 24.7 Å². The van der Waals surface area contributed by atoms with E-state index in [2.05, 4.69) is 13.8 Å². The van der Waals surface area contributed by atoms with Crippen molar-refractivity contribution in [1.82, 2.24) is 0 Å². The number of aliphatic hydroxyl groups is 1. The Morgan fingerprint density at radius 2 is 1.26 bits per heavy atom. The molecule has 0 radical (unpaired) electrons. The number of carbonyl (C=O) groups is 2. The second-order valence-electron chi connectivity index (χ2n) is 6.80. The summed E-state index contributed by atoms with van der Waals surface area (Å²) in [5.41, 5.74) is 0. The van der Waals surface area contributed by atoms with E-state index < -0.39 is 24.5 Å². The number of hydrogen-bond acceptors (Lipinski definition) is 5. The van der Waals surface area contributed by atoms with Crippen LogP contribution in [0.2, 0.25) is 0 Å². The predicted molar refractivity (Wildman–Crippen MR) is 108 cm³/mol. The van der Waals surface area contributed by atoms with Crippen molar-refractivity contribution in [2.45, 2.75) is 103 Å². The second-order valence-corrected chi connectivity index (χ2v) is 6.80. The van der Waals surface area contributed by atoms with Crippen LogP contribution in [-0.2, 0) is 19.1 Å². The number of hydrogen-bond donors (Lipinski definition) is 1. The van der Waals surface area contributed by atoms with E-state index in [0.717, 1.165) is 32.1 Å². The Labute approximate surface area is 164 Å². The molecule has 0 aliphatic heterocycles. The second kappa shape index (κ2) is 19.2. The third-order valence-electron chi connectivity index (χ3n) is 4.16. The summed E-state index contributed by atoms with van der Waals surface area (Å²) in [5, 5.41) is 9.68. The topological polar surface area (TPSA) is 72.8 Å². The molecule has 0 bridgehead atoms. The van der Waals surface area contributed by atoms with Gasteiger partial charge in [-0.15, -0.1) is 0 Å². The summed E-state index contributed by atoms with van der Waals surface area (Å²) in [7, 11) is 0. The van der Waals surface area contributed by atoms with Crippen LogP contribution in [0.5, 0.6) is 0 Å². The SMILES string of the molecule is CCCCCCC/C=C/OC(=O)CC(O)C(=O)O/C=C/CCCCCCC. The standard InChI is InChI=1S/C22H38O5/c1-3-5-7-9-11-13-15-17-26-21(24)19-20(23)22(25)27-18-16-14-12-10-8-6-4-2/h15-18,20,23H,3-14,19H2,1-2H3/b17-15+,18-16+. The first kappa shape index (κ1) is 25.4. The van der Waals surface area contributed by atoms with Gasteiger partial charge in [0.2, 0.25) is 0 Å². The highest BCUT2D eigenvalue weighted by Gasteiger charge is 2.20. The fraction of sp³-hybridized carbons (Fsp3) is 0.727. The van der Waals surface area contributed by atoms with Crippen molar-refractivity contribution < 1.29 is 24.2 Å². The Bertz CT molecular complexity index is 428. The van der Waals surface area contributed by atoms with Crippen molar-refractivity contribution in [3.63, 3.8) is 0 Å². The quantitative estimate of drug-likeness (QED) is 0.202. The van der Waals surface area contributed by atoms with Gasteiger partial charge in [0.05, 0.1) is 18.9 Å². The molecule has 156 valence electrons. The summed E-state index contributed by atoms with van der Waals surface area (Å²) in [6, 6.07) is 0. The van der Waals surface area contributed by atoms with E-state index >= 15 is 0 Å². The highest BCUT2D eigenvalue weighted by atomic mass is 16.5. The van der Waals surface area contributed by atoms with Gasteiger partial charge in [-0.2, -0.15) is 0 Å². The average molecular weight is 383 g/mol. The third kappa shape index (κ3) is 17.5. The summed E-state index contributed by atoms with van der Waals surface area (Å²) in [6.45, 7) is 4.35. The Morgan fingerprint density at radius 3 is 1.78 bits per heavy atom. The van der Waals surface area contributed by atoms with E-state index in [1.165, 1.54) is 57.5 Å². The minimum absolute atomic E-state index is 0.412. The minimum Gasteiger partial charge on any atom is -0.435 e. The molecule has 0 aromatic heterocycles. The molecule has 0 heterocycles. The van der Waals surface area contributed by atoms with Crippen LogP contribution in [0.25, 0.3) is 0 Å². The molecule has 0 aliphatic rings. The lowest BCUT2D eigenvalue weighted by molar-refractivity contribution is -0.153. The first-order valence-corrected chi connectivity index (χ1v) is 10.5. The predicted octanol–water partition coefficient (Wildman–Crippen LogP) is 5.57. The van der Waals surface area contributed by atoms with Crippen molar-refractivity contribution in [1.29, 1.82) is 0 Å². The number of ether oxygens (including phenoxy) is 2. The summed E-state index contributed by atoms with van der Waals surface area (Å²) < 4.78 is 9.70. The van der Waals surface area contributed by atoms with Crippen molar-refractivity contribution in [3.05, 3.63) is 24.7 Å². The number of unbranched alkanes of at least 4 members (excludes halogenated alkanes) is 10. The van der Waals surface area contributed by atoms with E-state index in [-0.39, 0.29) is 0 Å². The number of rotatable bonds is 17. The lowest BCUT2D eigenvalue weighted by atomic mass is 10.1. The number of allylic oxidation sites excluding steroid dienone is 2. The molecule has 1 unspecified atom stereocenters. The van der Waals surface area contributed by atoms with Crippen molar-refractivity contribution in [2.24, 2.45) is 0 Å². The first-order chi connectivity index (χ1) is 13.1. The zero-order valence-electron chi connectivity index (χ0n) is 17.2. The molecule has 5 nitrogen and oxygen atoms in total. The van der Waals surface area contributed by atoms with Gasteiger partial charge in [-0.25, -0.2) is 4.79 Å². The van der Waals surface area contributed by atoms with Crippen LogP contribution < -0.4 is 0 Å². The molecule has 0 fully saturated rings. The molecule has 0 saturated heterocycles. The number of aliphatic hydroxyl groups excluding tert-OH is 1. The smallest absolute Gasteiger partial charge is 0.340 e. The summed E-state index contributed by atoms with van der Waals surface area (Å²) in [5.74, 6) is -1.49. The van der Waals surface area contributed by atoms with Crippen LogP contribution in [-0.4, -0.2) is 23.1 Å². The average Bonchev–Trinajstić information content (AvgIpc) is 2.65. The molecule has 0 amide bonds. The highest BCUT2D eigenvalue weighted by molar-refractivity contribution is 5.82. The van der Waals surface area contributed by atoms with E-state index in [4.69, 9.17) is 9.47 Å². The molecule has 1 N–H and O–H groups in total. The van der Waals surface area contributed by atoms with E-state index in [9.17, 15) is 14.7 Å². The number of esters is 2. The molecular formula is C22H38O5. The lowest BCUT2D eigenvalue weighted by Crippen LogP contribution is -2.25.